The van der Waals surface area contributed by atoms with Crippen LogP contribution in [0.4, 0.5) is 0 Å². The van der Waals surface area contributed by atoms with Crippen LogP contribution in [0, 0.1) is 17.8 Å². The van der Waals surface area contributed by atoms with E-state index in [1.54, 1.807) is 0 Å². The molecule has 13 fully saturated rings. The Morgan fingerprint density at radius 3 is 2.28 bits per heavy atom. The van der Waals surface area contributed by atoms with Gasteiger partial charge in [-0.15, -0.1) is 0 Å². The van der Waals surface area contributed by atoms with Gasteiger partial charge in [0.1, 0.15) is 42.4 Å². The molecule has 13 rings (SSSR count). The largest absolute Gasteiger partial charge is 0.459 e. The molecule has 1 spiro atoms. The molecule has 17 heteroatoms. The highest BCUT2D eigenvalue weighted by Gasteiger charge is 2.69. The predicted molar refractivity (Wildman–Crippen MR) is 262 cm³/mol. The van der Waals surface area contributed by atoms with Crippen LogP contribution in [0.5, 0.6) is 0 Å². The molecule has 0 saturated carbocycles. The molecule has 26 atom stereocenters. The number of esters is 1. The van der Waals surface area contributed by atoms with Gasteiger partial charge in [0.15, 0.2) is 12.1 Å². The third-order valence-corrected chi connectivity index (χ3v) is 19.3. The highest BCUT2D eigenvalue weighted by molar-refractivity contribution is 5.79. The van der Waals surface area contributed by atoms with Crippen molar-refractivity contribution < 1.29 is 81.4 Å². The summed E-state index contributed by atoms with van der Waals surface area (Å²) >= 11 is 0. The van der Waals surface area contributed by atoms with Gasteiger partial charge in [0.05, 0.1) is 111 Å². The first kappa shape index (κ1) is 52.7. The van der Waals surface area contributed by atoms with Crippen LogP contribution in [-0.4, -0.2) is 175 Å². The summed E-state index contributed by atoms with van der Waals surface area (Å²) < 4.78 is 87.1. The number of Topliss-reactive ketones (excluding diaryl/α,β-unsaturated/α-hetero) is 1. The van der Waals surface area contributed by atoms with Crippen LogP contribution < -0.4 is 0 Å². The van der Waals surface area contributed by atoms with E-state index in [1.807, 2.05) is 6.92 Å². The first-order valence-corrected chi connectivity index (χ1v) is 28.9. The summed E-state index contributed by atoms with van der Waals surface area (Å²) in [5, 5.41) is 21.4. The predicted octanol–water partition coefficient (Wildman–Crippen LogP) is 6.03. The van der Waals surface area contributed by atoms with Crippen molar-refractivity contribution in [2.24, 2.45) is 17.8 Å². The first-order valence-electron chi connectivity index (χ1n) is 28.9. The van der Waals surface area contributed by atoms with Gasteiger partial charge >= 0.3 is 5.97 Å². The average molecular weight is 1040 g/mol. The topological polar surface area (TPSA) is 195 Å². The summed E-state index contributed by atoms with van der Waals surface area (Å²) in [6.45, 7) is 17.4. The quantitative estimate of drug-likeness (QED) is 0.211. The van der Waals surface area contributed by atoms with E-state index in [4.69, 9.17) is 61.6 Å². The average Bonchev–Trinajstić information content (AvgIpc) is 3.98. The Bertz CT molecular complexity index is 2050. The van der Waals surface area contributed by atoms with Crippen molar-refractivity contribution in [3.8, 4) is 0 Å². The molecule has 2 N–H and O–H groups in total. The van der Waals surface area contributed by atoms with E-state index in [-0.39, 0.29) is 135 Å². The second-order valence-electron chi connectivity index (χ2n) is 24.9. The van der Waals surface area contributed by atoms with Gasteiger partial charge in [-0.05, 0) is 100 Å². The number of aliphatic hydroxyl groups excluding tert-OH is 2. The van der Waals surface area contributed by atoms with Crippen LogP contribution in [0.2, 0.25) is 0 Å². The minimum Gasteiger partial charge on any atom is -0.459 e. The van der Waals surface area contributed by atoms with Gasteiger partial charge in [-0.3, -0.25) is 9.59 Å². The van der Waals surface area contributed by atoms with Crippen molar-refractivity contribution in [1.29, 1.82) is 0 Å². The number of ketones is 1. The van der Waals surface area contributed by atoms with Crippen LogP contribution in [-0.2, 0) is 71.2 Å². The Morgan fingerprint density at radius 1 is 0.676 bits per heavy atom. The summed E-state index contributed by atoms with van der Waals surface area (Å²) in [7, 11) is 0. The molecule has 0 aliphatic carbocycles. The van der Waals surface area contributed by atoms with E-state index in [0.29, 0.717) is 38.5 Å². The zero-order chi connectivity index (χ0) is 51.2. The Labute approximate surface area is 436 Å². The molecule has 13 aliphatic rings. The second kappa shape index (κ2) is 21.6. The van der Waals surface area contributed by atoms with E-state index in [2.05, 4.69) is 33.9 Å². The summed E-state index contributed by atoms with van der Waals surface area (Å²) in [5.74, 6) is -1.26. The maximum atomic E-state index is 14.4. The number of hydrogen-bond acceptors (Lipinski definition) is 17. The lowest BCUT2D eigenvalue weighted by Gasteiger charge is -2.51. The number of carbonyl (C=O) groups excluding carboxylic acids is 2. The standard InChI is InChI=1S/C57H84O17/c1-27(2)49-40(15-12-37(26-58)66-49)68-48-9-7-8-33(64-48)20-32(59)21-43-38(60)23-44-50(70-43)31(6)51-45(67-44)24-42-30(5)28(3)18-34(63-42)10-13-39-29(4)19-36(62-39)16-17-57-25-46-53(73-57)54-55(71-46)56(74-57)52-41(69-54)14-11-35(65-52)22-47(61)72-51/h27-28,31,33-46,48-56,58,60H,4-5,7-26H2,1-3,6H3/t28-,31+,33?,34+,35-,36+,37+,38-,39+,40+,41+,42-,43-,44+,45+,46-,48+,49+,50+,51-,52+,53?,54+,55?,56?,57+/m1/s1. The molecule has 0 amide bonds. The lowest BCUT2D eigenvalue weighted by molar-refractivity contribution is -0.293. The normalized spacial score (nSPS) is 51.4. The van der Waals surface area contributed by atoms with Crippen LogP contribution in [0.15, 0.2) is 24.3 Å². The molecule has 0 radical (unpaired) electrons. The Morgan fingerprint density at radius 2 is 1.45 bits per heavy atom. The molecular weight excluding hydrogens is 957 g/mol. The molecule has 13 heterocycles. The van der Waals surface area contributed by atoms with Crippen LogP contribution >= 0.6 is 0 Å². The van der Waals surface area contributed by atoms with Crippen molar-refractivity contribution in [2.75, 3.05) is 6.61 Å². The number of aliphatic hydroxyl groups is 2. The van der Waals surface area contributed by atoms with Crippen molar-refractivity contribution in [2.45, 2.75) is 296 Å². The maximum absolute atomic E-state index is 14.4. The molecule has 12 bridgehead atoms. The summed E-state index contributed by atoms with van der Waals surface area (Å²) in [6, 6.07) is 0. The molecule has 4 unspecified atom stereocenters. The molecule has 414 valence electrons. The minimum absolute atomic E-state index is 0.00593. The van der Waals surface area contributed by atoms with Gasteiger partial charge in [-0.25, -0.2) is 0 Å². The van der Waals surface area contributed by atoms with Gasteiger partial charge in [0.2, 0.25) is 0 Å². The Kier molecular flexibility index (Phi) is 15.4. The van der Waals surface area contributed by atoms with E-state index < -0.39 is 73.0 Å². The monoisotopic (exact) mass is 1040 g/mol. The van der Waals surface area contributed by atoms with E-state index in [1.165, 1.54) is 0 Å². The lowest BCUT2D eigenvalue weighted by Crippen LogP contribution is -2.62. The maximum Gasteiger partial charge on any atom is 0.308 e. The molecule has 0 aromatic heterocycles. The first-order chi connectivity index (χ1) is 35.7. The van der Waals surface area contributed by atoms with Gasteiger partial charge < -0.3 is 71.8 Å². The van der Waals surface area contributed by atoms with Crippen LogP contribution in [0.25, 0.3) is 0 Å². The fraction of sp³-hybridized carbons (Fsp3) is 0.895. The number of rotatable bonds is 8. The van der Waals surface area contributed by atoms with Crippen LogP contribution in [0.1, 0.15) is 150 Å². The van der Waals surface area contributed by atoms with Gasteiger partial charge in [0.25, 0.3) is 0 Å². The van der Waals surface area contributed by atoms with Crippen molar-refractivity contribution in [3.63, 3.8) is 0 Å². The molecule has 17 nitrogen and oxygen atoms in total. The fourth-order valence-corrected chi connectivity index (χ4v) is 15.3. The van der Waals surface area contributed by atoms with Crippen LogP contribution in [0.3, 0.4) is 0 Å². The van der Waals surface area contributed by atoms with Gasteiger partial charge in [0, 0.05) is 44.4 Å². The smallest absolute Gasteiger partial charge is 0.308 e. The second-order valence-corrected chi connectivity index (χ2v) is 24.9. The van der Waals surface area contributed by atoms with E-state index in [0.717, 1.165) is 68.9 Å². The Balaban J connectivity index is 0.738. The summed E-state index contributed by atoms with van der Waals surface area (Å²) in [4.78, 5) is 28.3. The Hall–Kier alpha value is -1.94. The molecule has 0 aromatic rings. The zero-order valence-corrected chi connectivity index (χ0v) is 44.1. The van der Waals surface area contributed by atoms with Gasteiger partial charge in [-0.2, -0.15) is 0 Å². The fourth-order valence-electron chi connectivity index (χ4n) is 15.3. The summed E-state index contributed by atoms with van der Waals surface area (Å²) in [5.41, 5.74) is 2.09. The van der Waals surface area contributed by atoms with Crippen molar-refractivity contribution in [1.82, 2.24) is 0 Å². The van der Waals surface area contributed by atoms with Gasteiger partial charge in [-0.1, -0.05) is 40.9 Å². The minimum atomic E-state index is -0.952. The highest BCUT2D eigenvalue weighted by Crippen LogP contribution is 2.55. The van der Waals surface area contributed by atoms with E-state index in [9.17, 15) is 19.8 Å². The number of hydrogen-bond donors (Lipinski definition) is 2. The molecule has 13 saturated heterocycles. The third kappa shape index (κ3) is 10.5. The molecule has 74 heavy (non-hydrogen) atoms. The zero-order valence-electron chi connectivity index (χ0n) is 44.1. The molecule has 13 aliphatic heterocycles. The van der Waals surface area contributed by atoms with Crippen molar-refractivity contribution >= 4 is 11.8 Å². The third-order valence-electron chi connectivity index (χ3n) is 19.3. The lowest BCUT2D eigenvalue weighted by atomic mass is 9.79. The van der Waals surface area contributed by atoms with Crippen molar-refractivity contribution in [3.05, 3.63) is 24.3 Å². The molecular formula is C57H84O17. The number of carbonyl (C=O) groups is 2. The molecule has 0 aromatic carbocycles. The summed E-state index contributed by atoms with van der Waals surface area (Å²) in [6.07, 6.45) is 3.03. The van der Waals surface area contributed by atoms with E-state index >= 15 is 0 Å². The number of fused-ring (bicyclic) bond motifs is 7. The number of ether oxygens (including phenoxy) is 13. The highest BCUT2D eigenvalue weighted by atomic mass is 16.8. The SMILES string of the molecule is C=C1C[C@@H]2CC[C@@]34C[C@H]5OC6C(O3)[C@H]3O[C@H](CC[C@@H]3O[C@H]6C5O4)CC(=O)O[C@@H]3[C@@H](C)[C@@H]4O[C@H](CC(=O)CC5CCC[C@H](O[C@H]6CC[C@@H](CO)O[C@H]6C(C)C)O5)[C@H](O)C[C@@H]4O[C@H]3C[C@H]3O[C@@H](CC[C@@H]1O2)C[C@@H](C)C3=C.